The summed E-state index contributed by atoms with van der Waals surface area (Å²) in [5.41, 5.74) is 13.4. The summed E-state index contributed by atoms with van der Waals surface area (Å²) in [4.78, 5) is 15.6. The number of carbonyl (C=O) groups excluding carboxylic acids is 1. The molecule has 4 N–H and O–H groups in total. The van der Waals surface area contributed by atoms with Crippen LogP contribution in [0.2, 0.25) is 0 Å². The summed E-state index contributed by atoms with van der Waals surface area (Å²) >= 11 is 0. The van der Waals surface area contributed by atoms with E-state index in [9.17, 15) is 4.79 Å². The molecule has 0 aromatic heterocycles. The van der Waals surface area contributed by atoms with E-state index in [1.54, 1.807) is 12.1 Å². The third-order valence-corrected chi connectivity index (χ3v) is 3.35. The Labute approximate surface area is 121 Å². The zero-order chi connectivity index (χ0) is 15.1. The number of nitrogens with two attached hydrogens (primary N) is 2. The lowest BCUT2D eigenvalue weighted by molar-refractivity contribution is 0.100. The molecular formula is C15H26N4O. The molecule has 0 saturated carbocycles. The van der Waals surface area contributed by atoms with Crippen molar-refractivity contribution in [3.8, 4) is 0 Å². The van der Waals surface area contributed by atoms with E-state index in [1.165, 1.54) is 0 Å². The van der Waals surface area contributed by atoms with Gasteiger partial charge in [0.15, 0.2) is 0 Å². The lowest BCUT2D eigenvalue weighted by atomic mass is 10.1. The molecule has 0 saturated heterocycles. The molecule has 0 bridgehead atoms. The third kappa shape index (κ3) is 5.19. The number of carbonyl (C=O) groups is 1. The van der Waals surface area contributed by atoms with Crippen LogP contribution in [0.4, 0.5) is 5.69 Å². The van der Waals surface area contributed by atoms with E-state index >= 15 is 0 Å². The number of nitrogen functional groups attached to an aromatic ring is 1. The van der Waals surface area contributed by atoms with Crippen LogP contribution in [0.1, 0.15) is 29.3 Å². The molecule has 5 heteroatoms. The average Bonchev–Trinajstić information content (AvgIpc) is 2.38. The van der Waals surface area contributed by atoms with Crippen molar-refractivity contribution in [3.05, 3.63) is 29.3 Å². The molecule has 1 rings (SSSR count). The Morgan fingerprint density at radius 3 is 2.45 bits per heavy atom. The largest absolute Gasteiger partial charge is 0.398 e. The molecular weight excluding hydrogens is 252 g/mol. The summed E-state index contributed by atoms with van der Waals surface area (Å²) < 4.78 is 0. The Morgan fingerprint density at radius 2 is 1.95 bits per heavy atom. The number of hydrogen-bond acceptors (Lipinski definition) is 4. The highest BCUT2D eigenvalue weighted by Crippen LogP contribution is 2.16. The molecule has 5 nitrogen and oxygen atoms in total. The molecule has 20 heavy (non-hydrogen) atoms. The van der Waals surface area contributed by atoms with Gasteiger partial charge in [-0.3, -0.25) is 9.69 Å². The zero-order valence-corrected chi connectivity index (χ0v) is 12.7. The lowest BCUT2D eigenvalue weighted by Crippen LogP contribution is -2.27. The Morgan fingerprint density at radius 1 is 1.25 bits per heavy atom. The predicted molar refractivity (Wildman–Crippen MR) is 83.5 cm³/mol. The van der Waals surface area contributed by atoms with Gasteiger partial charge in [-0.15, -0.1) is 0 Å². The molecule has 0 unspecified atom stereocenters. The first-order valence-corrected chi connectivity index (χ1v) is 6.99. The summed E-state index contributed by atoms with van der Waals surface area (Å²) in [5, 5.41) is 0. The van der Waals surface area contributed by atoms with E-state index < -0.39 is 5.91 Å². The van der Waals surface area contributed by atoms with Crippen molar-refractivity contribution < 1.29 is 4.79 Å². The van der Waals surface area contributed by atoms with Crippen molar-refractivity contribution in [2.75, 3.05) is 39.5 Å². The van der Waals surface area contributed by atoms with Crippen LogP contribution in [0.25, 0.3) is 0 Å². The van der Waals surface area contributed by atoms with Gasteiger partial charge in [-0.1, -0.05) is 13.0 Å². The molecule has 1 aromatic rings. The number of benzene rings is 1. The summed E-state index contributed by atoms with van der Waals surface area (Å²) in [6, 6.07) is 5.29. The van der Waals surface area contributed by atoms with E-state index in [0.29, 0.717) is 11.3 Å². The normalized spacial score (nSPS) is 11.2. The molecule has 0 heterocycles. The smallest absolute Gasteiger partial charge is 0.248 e. The minimum absolute atomic E-state index is 0.443. The van der Waals surface area contributed by atoms with E-state index in [-0.39, 0.29) is 0 Å². The van der Waals surface area contributed by atoms with Gasteiger partial charge in [-0.25, -0.2) is 0 Å². The molecule has 0 atom stereocenters. The fourth-order valence-corrected chi connectivity index (χ4v) is 2.09. The summed E-state index contributed by atoms with van der Waals surface area (Å²) in [6.07, 6.45) is 1.13. The third-order valence-electron chi connectivity index (χ3n) is 3.35. The quantitative estimate of drug-likeness (QED) is 0.699. The van der Waals surface area contributed by atoms with Gasteiger partial charge in [0.1, 0.15) is 0 Å². The monoisotopic (exact) mass is 278 g/mol. The fourth-order valence-electron chi connectivity index (χ4n) is 2.09. The van der Waals surface area contributed by atoms with Crippen LogP contribution in [0, 0.1) is 0 Å². The van der Waals surface area contributed by atoms with Gasteiger partial charge >= 0.3 is 0 Å². The van der Waals surface area contributed by atoms with Gasteiger partial charge in [-0.05, 0) is 57.8 Å². The van der Waals surface area contributed by atoms with E-state index in [2.05, 4.69) is 30.8 Å². The van der Waals surface area contributed by atoms with Crippen molar-refractivity contribution in [2.24, 2.45) is 5.73 Å². The zero-order valence-electron chi connectivity index (χ0n) is 12.7. The number of primary amides is 1. The first kappa shape index (κ1) is 16.5. The standard InChI is InChI=1S/C15H26N4O/c1-4-19(9-5-8-18(2)3)11-13-7-6-12(15(17)20)10-14(13)16/h6-7,10H,4-5,8-9,11,16H2,1-3H3,(H2,17,20). The van der Waals surface area contributed by atoms with Gasteiger partial charge in [0.25, 0.3) is 0 Å². The van der Waals surface area contributed by atoms with Crippen molar-refractivity contribution in [2.45, 2.75) is 19.9 Å². The predicted octanol–water partition coefficient (Wildman–Crippen LogP) is 1.14. The molecule has 112 valence electrons. The second-order valence-corrected chi connectivity index (χ2v) is 5.30. The molecule has 0 radical (unpaired) electrons. The Bertz CT molecular complexity index is 445. The second-order valence-electron chi connectivity index (χ2n) is 5.30. The van der Waals surface area contributed by atoms with Crippen molar-refractivity contribution in [1.82, 2.24) is 9.80 Å². The minimum atomic E-state index is -0.443. The first-order chi connectivity index (χ1) is 9.43. The highest BCUT2D eigenvalue weighted by atomic mass is 16.1. The van der Waals surface area contributed by atoms with Crippen LogP contribution in [-0.4, -0.2) is 49.4 Å². The Kier molecular flexibility index (Phi) is 6.48. The van der Waals surface area contributed by atoms with Crippen molar-refractivity contribution in [1.29, 1.82) is 0 Å². The minimum Gasteiger partial charge on any atom is -0.398 e. The molecule has 0 aliphatic carbocycles. The van der Waals surface area contributed by atoms with E-state index in [0.717, 1.165) is 38.2 Å². The lowest BCUT2D eigenvalue weighted by Gasteiger charge is -2.22. The molecule has 0 fully saturated rings. The number of anilines is 1. The number of rotatable bonds is 8. The molecule has 0 aliphatic heterocycles. The van der Waals surface area contributed by atoms with Gasteiger partial charge in [0.05, 0.1) is 0 Å². The van der Waals surface area contributed by atoms with Crippen molar-refractivity contribution in [3.63, 3.8) is 0 Å². The molecule has 1 amide bonds. The average molecular weight is 278 g/mol. The van der Waals surface area contributed by atoms with Gasteiger partial charge in [-0.2, -0.15) is 0 Å². The maximum absolute atomic E-state index is 11.1. The highest BCUT2D eigenvalue weighted by molar-refractivity contribution is 5.93. The van der Waals surface area contributed by atoms with Crippen LogP contribution in [0.5, 0.6) is 0 Å². The van der Waals surface area contributed by atoms with Crippen LogP contribution < -0.4 is 11.5 Å². The van der Waals surface area contributed by atoms with Crippen LogP contribution in [0.15, 0.2) is 18.2 Å². The summed E-state index contributed by atoms with van der Waals surface area (Å²) in [6.45, 7) is 6.03. The number of amides is 1. The number of hydrogen-bond donors (Lipinski definition) is 2. The number of nitrogens with zero attached hydrogens (tertiary/aromatic N) is 2. The van der Waals surface area contributed by atoms with Crippen LogP contribution in [0.3, 0.4) is 0 Å². The van der Waals surface area contributed by atoms with Gasteiger partial charge < -0.3 is 16.4 Å². The van der Waals surface area contributed by atoms with Gasteiger partial charge in [0, 0.05) is 17.8 Å². The topological polar surface area (TPSA) is 75.6 Å². The second kappa shape index (κ2) is 7.87. The summed E-state index contributed by atoms with van der Waals surface area (Å²) in [7, 11) is 4.16. The van der Waals surface area contributed by atoms with Crippen molar-refractivity contribution >= 4 is 11.6 Å². The summed E-state index contributed by atoms with van der Waals surface area (Å²) in [5.74, 6) is -0.443. The Hall–Kier alpha value is -1.59. The van der Waals surface area contributed by atoms with Crippen LogP contribution >= 0.6 is 0 Å². The molecule has 1 aromatic carbocycles. The first-order valence-electron chi connectivity index (χ1n) is 6.99. The SMILES string of the molecule is CCN(CCCN(C)C)Cc1ccc(C(N)=O)cc1N. The van der Waals surface area contributed by atoms with Crippen LogP contribution in [-0.2, 0) is 6.54 Å². The maximum atomic E-state index is 11.1. The molecule has 0 aliphatic rings. The fraction of sp³-hybridized carbons (Fsp3) is 0.533. The highest BCUT2D eigenvalue weighted by Gasteiger charge is 2.09. The van der Waals surface area contributed by atoms with E-state index in [4.69, 9.17) is 11.5 Å². The van der Waals surface area contributed by atoms with E-state index in [1.807, 2.05) is 6.07 Å². The molecule has 0 spiro atoms. The Balaban J connectivity index is 2.63. The van der Waals surface area contributed by atoms with Gasteiger partial charge in [0.2, 0.25) is 5.91 Å². The maximum Gasteiger partial charge on any atom is 0.248 e.